The normalized spacial score (nSPS) is 11.1. The molecule has 8 heteroatoms. The summed E-state index contributed by atoms with van der Waals surface area (Å²) < 4.78 is 4.00. The maximum atomic E-state index is 4.37. The maximum absolute atomic E-state index is 4.37. The number of guanidine groups is 1. The Bertz CT molecular complexity index is 1110. The molecule has 0 aliphatic carbocycles. The number of hydrogen-bond acceptors (Lipinski definition) is 3. The first-order chi connectivity index (χ1) is 15.3. The maximum Gasteiger partial charge on any atom is 0.191 e. The van der Waals surface area contributed by atoms with Gasteiger partial charge in [-0.1, -0.05) is 48.5 Å². The van der Waals surface area contributed by atoms with E-state index in [4.69, 9.17) is 0 Å². The highest BCUT2D eigenvalue weighted by Crippen LogP contribution is 2.11. The molecular formula is C24H28IN7. The van der Waals surface area contributed by atoms with Crippen molar-refractivity contribution in [2.24, 2.45) is 4.99 Å². The van der Waals surface area contributed by atoms with Gasteiger partial charge in [-0.25, -0.2) is 4.98 Å². The fourth-order valence-electron chi connectivity index (χ4n) is 3.47. The van der Waals surface area contributed by atoms with Crippen molar-refractivity contribution in [3.05, 3.63) is 108 Å². The lowest BCUT2D eigenvalue weighted by Crippen LogP contribution is -2.36. The van der Waals surface area contributed by atoms with Gasteiger partial charge in [0, 0.05) is 51.5 Å². The van der Waals surface area contributed by atoms with Crippen molar-refractivity contribution in [2.45, 2.75) is 26.2 Å². The Labute approximate surface area is 205 Å². The van der Waals surface area contributed by atoms with E-state index in [1.54, 1.807) is 19.4 Å². The van der Waals surface area contributed by atoms with Gasteiger partial charge in [-0.2, -0.15) is 5.10 Å². The summed E-state index contributed by atoms with van der Waals surface area (Å²) in [4.78, 5) is 8.48. The summed E-state index contributed by atoms with van der Waals surface area (Å²) in [5.74, 6) is 0.772. The van der Waals surface area contributed by atoms with E-state index in [2.05, 4.69) is 78.8 Å². The number of hydrogen-bond donors (Lipinski definition) is 2. The summed E-state index contributed by atoms with van der Waals surface area (Å²) in [7, 11) is 1.79. The number of rotatable bonds is 8. The van der Waals surface area contributed by atoms with E-state index >= 15 is 0 Å². The fourth-order valence-corrected chi connectivity index (χ4v) is 3.47. The molecule has 0 aliphatic rings. The number of halogens is 1. The number of aromatic nitrogens is 4. The Balaban J connectivity index is 0.00000289. The highest BCUT2D eigenvalue weighted by Gasteiger charge is 2.05. The molecule has 0 radical (unpaired) electrons. The van der Waals surface area contributed by atoms with Crippen molar-refractivity contribution in [3.8, 4) is 0 Å². The molecule has 2 aromatic carbocycles. The van der Waals surface area contributed by atoms with Gasteiger partial charge in [0.15, 0.2) is 5.96 Å². The van der Waals surface area contributed by atoms with Crippen LogP contribution < -0.4 is 10.6 Å². The third-order valence-corrected chi connectivity index (χ3v) is 5.06. The summed E-state index contributed by atoms with van der Waals surface area (Å²) in [6.45, 7) is 2.96. The molecule has 2 heterocycles. The molecule has 4 rings (SSSR count). The number of nitrogens with one attached hydrogen (secondary N) is 2. The zero-order valence-electron chi connectivity index (χ0n) is 18.1. The summed E-state index contributed by atoms with van der Waals surface area (Å²) in [6.07, 6.45) is 9.39. The predicted octanol–water partition coefficient (Wildman–Crippen LogP) is 3.66. The third kappa shape index (κ3) is 6.68. The molecule has 0 aliphatic heterocycles. The lowest BCUT2D eigenvalue weighted by atomic mass is 10.1. The molecule has 0 saturated heterocycles. The Hall–Kier alpha value is -3.14. The average Bonchev–Trinajstić information content (AvgIpc) is 3.50. The summed E-state index contributed by atoms with van der Waals surface area (Å²) in [5.41, 5.74) is 4.91. The van der Waals surface area contributed by atoms with E-state index in [9.17, 15) is 0 Å². The van der Waals surface area contributed by atoms with Gasteiger partial charge in [-0.05, 0) is 28.3 Å². The Morgan fingerprint density at radius 3 is 2.44 bits per heavy atom. The van der Waals surface area contributed by atoms with Crippen molar-refractivity contribution in [2.75, 3.05) is 7.05 Å². The summed E-state index contributed by atoms with van der Waals surface area (Å²) in [5, 5.41) is 11.1. The molecular weight excluding hydrogens is 513 g/mol. The second-order valence-corrected chi connectivity index (χ2v) is 7.31. The molecule has 0 fully saturated rings. The molecule has 32 heavy (non-hydrogen) atoms. The Morgan fingerprint density at radius 1 is 0.875 bits per heavy atom. The first kappa shape index (κ1) is 23.5. The van der Waals surface area contributed by atoms with Crippen LogP contribution in [0.4, 0.5) is 0 Å². The standard InChI is InChI=1S/C24H27N7.HI/c1-25-24(27-15-20-6-4-7-21(14-20)17-30-13-11-26-19-30)28-16-22-8-2-3-9-23(22)18-31-12-5-10-29-31;/h2-14,19H,15-18H2,1H3,(H2,25,27,28);1H. The molecule has 0 unspecified atom stereocenters. The van der Waals surface area contributed by atoms with Crippen LogP contribution >= 0.6 is 24.0 Å². The molecule has 0 spiro atoms. The van der Waals surface area contributed by atoms with Crippen LogP contribution in [-0.4, -0.2) is 32.3 Å². The highest BCUT2D eigenvalue weighted by molar-refractivity contribution is 14.0. The minimum Gasteiger partial charge on any atom is -0.352 e. The minimum atomic E-state index is 0. The average molecular weight is 541 g/mol. The van der Waals surface area contributed by atoms with Gasteiger partial charge in [0.1, 0.15) is 0 Å². The van der Waals surface area contributed by atoms with Crippen LogP contribution in [0.5, 0.6) is 0 Å². The second-order valence-electron chi connectivity index (χ2n) is 7.31. The number of aliphatic imine (C=N–C) groups is 1. The van der Waals surface area contributed by atoms with Crippen molar-refractivity contribution < 1.29 is 0 Å². The van der Waals surface area contributed by atoms with Crippen molar-refractivity contribution in [1.82, 2.24) is 30.0 Å². The van der Waals surface area contributed by atoms with E-state index in [1.807, 2.05) is 29.5 Å². The molecule has 166 valence electrons. The van der Waals surface area contributed by atoms with Crippen LogP contribution in [0.25, 0.3) is 0 Å². The smallest absolute Gasteiger partial charge is 0.191 e. The van der Waals surface area contributed by atoms with Gasteiger partial charge >= 0.3 is 0 Å². The van der Waals surface area contributed by atoms with Crippen LogP contribution in [0.2, 0.25) is 0 Å². The SMILES string of the molecule is CN=C(NCc1cccc(Cn2ccnc2)c1)NCc1ccccc1Cn1cccn1.I. The van der Waals surface area contributed by atoms with Gasteiger partial charge < -0.3 is 15.2 Å². The van der Waals surface area contributed by atoms with Crippen molar-refractivity contribution in [1.29, 1.82) is 0 Å². The van der Waals surface area contributed by atoms with Gasteiger partial charge in [0.05, 0.1) is 12.9 Å². The molecule has 0 atom stereocenters. The quantitative estimate of drug-likeness (QED) is 0.203. The van der Waals surface area contributed by atoms with Gasteiger partial charge in [0.25, 0.3) is 0 Å². The Morgan fingerprint density at radius 2 is 1.69 bits per heavy atom. The zero-order chi connectivity index (χ0) is 21.3. The van der Waals surface area contributed by atoms with Gasteiger partial charge in [0.2, 0.25) is 0 Å². The van der Waals surface area contributed by atoms with E-state index in [1.165, 1.54) is 22.3 Å². The van der Waals surface area contributed by atoms with Crippen LogP contribution in [0.15, 0.2) is 90.7 Å². The van der Waals surface area contributed by atoms with Gasteiger partial charge in [-0.3, -0.25) is 9.67 Å². The summed E-state index contributed by atoms with van der Waals surface area (Å²) >= 11 is 0. The molecule has 0 amide bonds. The Kier molecular flexibility index (Phi) is 8.85. The number of imidazole rings is 1. The predicted molar refractivity (Wildman–Crippen MR) is 138 cm³/mol. The van der Waals surface area contributed by atoms with Crippen LogP contribution in [-0.2, 0) is 26.2 Å². The molecule has 2 aromatic heterocycles. The zero-order valence-corrected chi connectivity index (χ0v) is 20.4. The first-order valence-corrected chi connectivity index (χ1v) is 10.3. The largest absolute Gasteiger partial charge is 0.352 e. The number of benzene rings is 2. The fraction of sp³-hybridized carbons (Fsp3) is 0.208. The lowest BCUT2D eigenvalue weighted by Gasteiger charge is -2.15. The van der Waals surface area contributed by atoms with E-state index in [-0.39, 0.29) is 24.0 Å². The van der Waals surface area contributed by atoms with E-state index in [0.29, 0.717) is 13.1 Å². The molecule has 7 nitrogen and oxygen atoms in total. The summed E-state index contributed by atoms with van der Waals surface area (Å²) in [6, 6.07) is 18.9. The van der Waals surface area contributed by atoms with Crippen LogP contribution in [0, 0.1) is 0 Å². The molecule has 0 saturated carbocycles. The van der Waals surface area contributed by atoms with Gasteiger partial charge in [-0.15, -0.1) is 24.0 Å². The number of nitrogens with zero attached hydrogens (tertiary/aromatic N) is 5. The monoisotopic (exact) mass is 541 g/mol. The van der Waals surface area contributed by atoms with E-state index in [0.717, 1.165) is 19.0 Å². The molecule has 2 N–H and O–H groups in total. The van der Waals surface area contributed by atoms with Crippen molar-refractivity contribution in [3.63, 3.8) is 0 Å². The molecule has 0 bridgehead atoms. The topological polar surface area (TPSA) is 72.1 Å². The highest BCUT2D eigenvalue weighted by atomic mass is 127. The van der Waals surface area contributed by atoms with E-state index < -0.39 is 0 Å². The second kappa shape index (κ2) is 12.0. The first-order valence-electron chi connectivity index (χ1n) is 10.3. The molecule has 4 aromatic rings. The van der Waals surface area contributed by atoms with Crippen LogP contribution in [0.3, 0.4) is 0 Å². The van der Waals surface area contributed by atoms with Crippen LogP contribution in [0.1, 0.15) is 22.3 Å². The van der Waals surface area contributed by atoms with Crippen molar-refractivity contribution >= 4 is 29.9 Å². The lowest BCUT2D eigenvalue weighted by molar-refractivity contribution is 0.677. The third-order valence-electron chi connectivity index (χ3n) is 5.06. The minimum absolute atomic E-state index is 0.